The molecule has 2 rings (SSSR count). The summed E-state index contributed by atoms with van der Waals surface area (Å²) in [7, 11) is 1.57. The average Bonchev–Trinajstić information content (AvgIpc) is 2.76. The lowest BCUT2D eigenvalue weighted by atomic mass is 9.97. The zero-order valence-corrected chi connectivity index (χ0v) is 11.3. The van der Waals surface area contributed by atoms with E-state index in [4.69, 9.17) is 16.3 Å². The summed E-state index contributed by atoms with van der Waals surface area (Å²) in [6, 6.07) is 5.18. The van der Waals surface area contributed by atoms with Crippen molar-refractivity contribution >= 4 is 23.2 Å². The molecule has 0 saturated carbocycles. The second-order valence-corrected chi connectivity index (χ2v) is 5.01. The zero-order chi connectivity index (χ0) is 13.1. The molecule has 0 radical (unpaired) electrons. The Morgan fingerprint density at radius 3 is 2.89 bits per heavy atom. The van der Waals surface area contributed by atoms with Gasteiger partial charge < -0.3 is 15.4 Å². The Labute approximate surface area is 112 Å². The van der Waals surface area contributed by atoms with E-state index >= 15 is 0 Å². The zero-order valence-electron chi connectivity index (χ0n) is 10.5. The summed E-state index contributed by atoms with van der Waals surface area (Å²) >= 11 is 5.93. The van der Waals surface area contributed by atoms with Crippen molar-refractivity contribution in [2.75, 3.05) is 25.5 Å². The van der Waals surface area contributed by atoms with Gasteiger partial charge in [-0.15, -0.1) is 0 Å². The molecule has 2 atom stereocenters. The maximum Gasteiger partial charge on any atom is 0.229 e. The van der Waals surface area contributed by atoms with Crippen molar-refractivity contribution in [3.05, 3.63) is 23.2 Å². The van der Waals surface area contributed by atoms with Gasteiger partial charge in [-0.2, -0.15) is 0 Å². The Hall–Kier alpha value is -1.26. The number of benzene rings is 1. The van der Waals surface area contributed by atoms with Gasteiger partial charge in [0.15, 0.2) is 0 Å². The number of amides is 1. The maximum absolute atomic E-state index is 12.2. The first-order chi connectivity index (χ1) is 8.61. The molecule has 1 fully saturated rings. The predicted octanol–water partition coefficient (Wildman–Crippen LogP) is 2.14. The molecule has 18 heavy (non-hydrogen) atoms. The lowest BCUT2D eigenvalue weighted by Gasteiger charge is -2.16. The quantitative estimate of drug-likeness (QED) is 0.883. The van der Waals surface area contributed by atoms with Gasteiger partial charge in [-0.05, 0) is 30.7 Å². The van der Waals surface area contributed by atoms with Crippen molar-refractivity contribution in [3.8, 4) is 5.75 Å². The standard InChI is InChI=1S/C13H17ClN2O2/c1-8-6-15-7-10(8)13(17)16-11-5-9(14)3-4-12(11)18-2/h3-5,8,10,15H,6-7H2,1-2H3,(H,16,17)/t8-,10-/m1/s1. The van der Waals surface area contributed by atoms with Gasteiger partial charge in [-0.25, -0.2) is 0 Å². The number of carbonyl (C=O) groups is 1. The van der Waals surface area contributed by atoms with Crippen molar-refractivity contribution in [2.24, 2.45) is 11.8 Å². The van der Waals surface area contributed by atoms with Gasteiger partial charge in [0.25, 0.3) is 0 Å². The van der Waals surface area contributed by atoms with E-state index in [-0.39, 0.29) is 11.8 Å². The summed E-state index contributed by atoms with van der Waals surface area (Å²) in [6.45, 7) is 3.67. The fourth-order valence-electron chi connectivity index (χ4n) is 2.16. The Kier molecular flexibility index (Phi) is 4.09. The molecule has 4 nitrogen and oxygen atoms in total. The second kappa shape index (κ2) is 5.59. The van der Waals surface area contributed by atoms with Crippen molar-refractivity contribution in [1.29, 1.82) is 0 Å². The van der Waals surface area contributed by atoms with E-state index in [9.17, 15) is 4.79 Å². The van der Waals surface area contributed by atoms with Crippen LogP contribution in [-0.2, 0) is 4.79 Å². The third-order valence-corrected chi connectivity index (χ3v) is 3.51. The van der Waals surface area contributed by atoms with Gasteiger partial charge in [-0.1, -0.05) is 18.5 Å². The molecule has 1 aliphatic rings. The summed E-state index contributed by atoms with van der Waals surface area (Å²) in [6.07, 6.45) is 0. The van der Waals surface area contributed by atoms with E-state index in [0.29, 0.717) is 22.4 Å². The number of hydrogen-bond donors (Lipinski definition) is 2. The molecule has 2 N–H and O–H groups in total. The van der Waals surface area contributed by atoms with Gasteiger partial charge in [0.2, 0.25) is 5.91 Å². The Morgan fingerprint density at radius 2 is 2.28 bits per heavy atom. The van der Waals surface area contributed by atoms with Crippen LogP contribution < -0.4 is 15.4 Å². The lowest BCUT2D eigenvalue weighted by molar-refractivity contribution is -0.120. The number of methoxy groups -OCH3 is 1. The summed E-state index contributed by atoms with van der Waals surface area (Å²) in [5.74, 6) is 0.961. The van der Waals surface area contributed by atoms with E-state index in [0.717, 1.165) is 13.1 Å². The SMILES string of the molecule is COc1ccc(Cl)cc1NC(=O)[C@@H]1CNC[C@H]1C. The van der Waals surface area contributed by atoms with Crippen molar-refractivity contribution in [2.45, 2.75) is 6.92 Å². The summed E-state index contributed by atoms with van der Waals surface area (Å²) in [5.41, 5.74) is 0.620. The number of rotatable bonds is 3. The number of anilines is 1. The molecule has 0 aliphatic carbocycles. The Balaban J connectivity index is 2.13. The molecule has 1 aromatic rings. The molecule has 0 spiro atoms. The van der Waals surface area contributed by atoms with Gasteiger partial charge in [0.1, 0.15) is 5.75 Å². The van der Waals surface area contributed by atoms with Gasteiger partial charge in [-0.3, -0.25) is 4.79 Å². The van der Waals surface area contributed by atoms with Crippen LogP contribution in [0.5, 0.6) is 5.75 Å². The molecular formula is C13H17ClN2O2. The normalized spacial score (nSPS) is 22.8. The van der Waals surface area contributed by atoms with Crippen LogP contribution in [0.1, 0.15) is 6.92 Å². The van der Waals surface area contributed by atoms with Crippen molar-refractivity contribution < 1.29 is 9.53 Å². The van der Waals surface area contributed by atoms with E-state index in [2.05, 4.69) is 17.6 Å². The van der Waals surface area contributed by atoms with E-state index in [1.807, 2.05) is 0 Å². The molecule has 1 aliphatic heterocycles. The molecule has 0 unspecified atom stereocenters. The van der Waals surface area contributed by atoms with E-state index in [1.54, 1.807) is 25.3 Å². The third-order valence-electron chi connectivity index (χ3n) is 3.27. The molecular weight excluding hydrogens is 252 g/mol. The predicted molar refractivity (Wildman–Crippen MR) is 72.2 cm³/mol. The molecule has 1 saturated heterocycles. The van der Waals surface area contributed by atoms with Crippen LogP contribution in [-0.4, -0.2) is 26.1 Å². The number of nitrogens with one attached hydrogen (secondary N) is 2. The minimum absolute atomic E-state index is 0.00584. The Bertz CT molecular complexity index is 451. The van der Waals surface area contributed by atoms with Crippen LogP contribution in [0.15, 0.2) is 18.2 Å². The minimum atomic E-state index is -0.00584. The molecule has 1 amide bonds. The number of halogens is 1. The van der Waals surface area contributed by atoms with Crippen LogP contribution in [0.3, 0.4) is 0 Å². The highest BCUT2D eigenvalue weighted by atomic mass is 35.5. The van der Waals surface area contributed by atoms with Crippen LogP contribution in [0.2, 0.25) is 5.02 Å². The first kappa shape index (κ1) is 13.2. The lowest BCUT2D eigenvalue weighted by Crippen LogP contribution is -2.28. The largest absolute Gasteiger partial charge is 0.495 e. The van der Waals surface area contributed by atoms with Gasteiger partial charge in [0, 0.05) is 11.6 Å². The van der Waals surface area contributed by atoms with Gasteiger partial charge in [0.05, 0.1) is 18.7 Å². The fourth-order valence-corrected chi connectivity index (χ4v) is 2.34. The molecule has 1 aromatic carbocycles. The highest BCUT2D eigenvalue weighted by molar-refractivity contribution is 6.31. The monoisotopic (exact) mass is 268 g/mol. The Morgan fingerprint density at radius 1 is 1.50 bits per heavy atom. The highest BCUT2D eigenvalue weighted by Gasteiger charge is 2.29. The van der Waals surface area contributed by atoms with Gasteiger partial charge >= 0.3 is 0 Å². The van der Waals surface area contributed by atoms with Crippen molar-refractivity contribution in [1.82, 2.24) is 5.32 Å². The van der Waals surface area contributed by atoms with Crippen LogP contribution >= 0.6 is 11.6 Å². The van der Waals surface area contributed by atoms with Crippen LogP contribution in [0.25, 0.3) is 0 Å². The third kappa shape index (κ3) is 2.76. The summed E-state index contributed by atoms with van der Waals surface area (Å²) in [5, 5.41) is 6.67. The molecule has 5 heteroatoms. The molecule has 1 heterocycles. The minimum Gasteiger partial charge on any atom is -0.495 e. The second-order valence-electron chi connectivity index (χ2n) is 4.58. The molecule has 98 valence electrons. The smallest absolute Gasteiger partial charge is 0.229 e. The summed E-state index contributed by atoms with van der Waals surface area (Å²) < 4.78 is 5.20. The van der Waals surface area contributed by atoms with E-state index < -0.39 is 0 Å². The number of carbonyl (C=O) groups excluding carboxylic acids is 1. The van der Waals surface area contributed by atoms with Crippen LogP contribution in [0.4, 0.5) is 5.69 Å². The molecule has 0 aromatic heterocycles. The summed E-state index contributed by atoms with van der Waals surface area (Å²) in [4.78, 5) is 12.2. The first-order valence-electron chi connectivity index (χ1n) is 5.97. The average molecular weight is 269 g/mol. The molecule has 0 bridgehead atoms. The van der Waals surface area contributed by atoms with E-state index in [1.165, 1.54) is 0 Å². The van der Waals surface area contributed by atoms with Crippen molar-refractivity contribution in [3.63, 3.8) is 0 Å². The first-order valence-corrected chi connectivity index (χ1v) is 6.34. The fraction of sp³-hybridized carbons (Fsp3) is 0.462. The number of ether oxygens (including phenoxy) is 1. The number of hydrogen-bond acceptors (Lipinski definition) is 3. The van der Waals surface area contributed by atoms with Crippen LogP contribution in [0, 0.1) is 11.8 Å². The highest BCUT2D eigenvalue weighted by Crippen LogP contribution is 2.29. The topological polar surface area (TPSA) is 50.4 Å². The maximum atomic E-state index is 12.2.